The number of hydrogen-bond donors (Lipinski definition) is 2. The third kappa shape index (κ3) is 5.58. The van der Waals surface area contributed by atoms with Gasteiger partial charge < -0.3 is 10.1 Å². The summed E-state index contributed by atoms with van der Waals surface area (Å²) in [7, 11) is 1.54. The molecule has 3 rings (SSSR count). The largest absolute Gasteiger partial charge is 0.497 e. The lowest BCUT2D eigenvalue weighted by Crippen LogP contribution is -2.12. The molecule has 8 nitrogen and oxygen atoms in total. The molecule has 0 spiro atoms. The number of ether oxygens (including phenoxy) is 1. The number of nitro groups is 1. The molecule has 0 aliphatic carbocycles. The van der Waals surface area contributed by atoms with Crippen molar-refractivity contribution in [3.63, 3.8) is 0 Å². The fraction of sp³-hybridized carbons (Fsp3) is 0.0909. The maximum Gasteiger partial charge on any atom is 0.294 e. The van der Waals surface area contributed by atoms with Gasteiger partial charge in [0.1, 0.15) is 11.4 Å². The van der Waals surface area contributed by atoms with Crippen LogP contribution in [0.15, 0.2) is 71.8 Å². The lowest BCUT2D eigenvalue weighted by atomic mass is 10.1. The van der Waals surface area contributed by atoms with Crippen LogP contribution in [0, 0.1) is 10.1 Å². The third-order valence-electron chi connectivity index (χ3n) is 4.41. The number of rotatable bonds is 7. The van der Waals surface area contributed by atoms with E-state index in [-0.39, 0.29) is 16.9 Å². The summed E-state index contributed by atoms with van der Waals surface area (Å²) in [5.74, 6) is 0.180. The molecule has 2 N–H and O–H groups in total. The van der Waals surface area contributed by atoms with Gasteiger partial charge in [-0.15, -0.1) is 0 Å². The molecule has 9 heteroatoms. The summed E-state index contributed by atoms with van der Waals surface area (Å²) in [6, 6.07) is 17.9. The second-order valence-electron chi connectivity index (χ2n) is 6.49. The first kappa shape index (κ1) is 21.8. The summed E-state index contributed by atoms with van der Waals surface area (Å²) in [6.07, 6.45) is 0. The number of nitro benzene ring substituents is 1. The number of halogens is 1. The van der Waals surface area contributed by atoms with Gasteiger partial charge in [0.2, 0.25) is 0 Å². The first-order chi connectivity index (χ1) is 14.9. The van der Waals surface area contributed by atoms with E-state index in [2.05, 4.69) is 15.8 Å². The molecule has 0 aromatic heterocycles. The molecule has 0 fully saturated rings. The standard InChI is InChI=1S/C22H19ClN4O4/c1-14(15-3-6-17(23)7-4-15)25-26-20-12-5-16(13-21(20)27(29)30)22(28)24-18-8-10-19(31-2)11-9-18/h3-13,26H,1-2H3,(H,24,28)/b25-14+. The summed E-state index contributed by atoms with van der Waals surface area (Å²) >= 11 is 5.88. The number of methoxy groups -OCH3 is 1. The summed E-state index contributed by atoms with van der Waals surface area (Å²) in [5.41, 5.74) is 4.72. The monoisotopic (exact) mass is 438 g/mol. The zero-order valence-corrected chi connectivity index (χ0v) is 17.5. The van der Waals surface area contributed by atoms with Gasteiger partial charge in [-0.25, -0.2) is 0 Å². The molecule has 0 aliphatic heterocycles. The first-order valence-corrected chi connectivity index (χ1v) is 9.55. The Morgan fingerprint density at radius 1 is 1.03 bits per heavy atom. The van der Waals surface area contributed by atoms with Crippen molar-refractivity contribution in [2.24, 2.45) is 5.10 Å². The van der Waals surface area contributed by atoms with Crippen molar-refractivity contribution in [1.82, 2.24) is 0 Å². The van der Waals surface area contributed by atoms with Crippen LogP contribution in [0.3, 0.4) is 0 Å². The molecule has 0 aliphatic rings. The van der Waals surface area contributed by atoms with Crippen molar-refractivity contribution < 1.29 is 14.5 Å². The van der Waals surface area contributed by atoms with Gasteiger partial charge >= 0.3 is 0 Å². The molecule has 3 aromatic rings. The minimum Gasteiger partial charge on any atom is -0.497 e. The highest BCUT2D eigenvalue weighted by Crippen LogP contribution is 2.26. The number of amides is 1. The van der Waals surface area contributed by atoms with E-state index in [1.165, 1.54) is 18.2 Å². The minimum atomic E-state index is -0.570. The molecule has 158 valence electrons. The fourth-order valence-electron chi connectivity index (χ4n) is 2.70. The summed E-state index contributed by atoms with van der Waals surface area (Å²) < 4.78 is 5.08. The summed E-state index contributed by atoms with van der Waals surface area (Å²) in [4.78, 5) is 23.5. The van der Waals surface area contributed by atoms with Crippen LogP contribution in [0.4, 0.5) is 17.1 Å². The number of anilines is 2. The zero-order valence-electron chi connectivity index (χ0n) is 16.8. The Balaban J connectivity index is 1.78. The van der Waals surface area contributed by atoms with Gasteiger partial charge in [-0.1, -0.05) is 23.7 Å². The van der Waals surface area contributed by atoms with E-state index in [9.17, 15) is 14.9 Å². The number of nitrogens with one attached hydrogen (secondary N) is 2. The van der Waals surface area contributed by atoms with Crippen molar-refractivity contribution in [3.8, 4) is 5.75 Å². The van der Waals surface area contributed by atoms with Gasteiger partial charge in [-0.2, -0.15) is 5.10 Å². The number of nitrogens with zero attached hydrogens (tertiary/aromatic N) is 2. The number of benzene rings is 3. The highest BCUT2D eigenvalue weighted by molar-refractivity contribution is 6.30. The number of hydrogen-bond acceptors (Lipinski definition) is 6. The molecular formula is C22H19ClN4O4. The van der Waals surface area contributed by atoms with Crippen LogP contribution < -0.4 is 15.5 Å². The van der Waals surface area contributed by atoms with E-state index in [1.54, 1.807) is 62.6 Å². The highest BCUT2D eigenvalue weighted by Gasteiger charge is 2.18. The van der Waals surface area contributed by atoms with Crippen molar-refractivity contribution in [1.29, 1.82) is 0 Å². The second-order valence-corrected chi connectivity index (χ2v) is 6.92. The van der Waals surface area contributed by atoms with Gasteiger partial charge in [-0.05, 0) is 61.0 Å². The van der Waals surface area contributed by atoms with Crippen molar-refractivity contribution in [2.45, 2.75) is 6.92 Å². The van der Waals surface area contributed by atoms with Crippen LogP contribution in [0.1, 0.15) is 22.8 Å². The smallest absolute Gasteiger partial charge is 0.294 e. The van der Waals surface area contributed by atoms with Crippen LogP contribution in [0.25, 0.3) is 0 Å². The Labute approximate surface area is 183 Å². The van der Waals surface area contributed by atoms with Crippen molar-refractivity contribution in [2.75, 3.05) is 17.9 Å². The highest BCUT2D eigenvalue weighted by atomic mass is 35.5. The van der Waals surface area contributed by atoms with Crippen LogP contribution in [0.2, 0.25) is 5.02 Å². The average molecular weight is 439 g/mol. The van der Waals surface area contributed by atoms with E-state index in [0.29, 0.717) is 22.2 Å². The van der Waals surface area contributed by atoms with E-state index in [0.717, 1.165) is 5.56 Å². The molecule has 1 amide bonds. The van der Waals surface area contributed by atoms with Crippen LogP contribution in [-0.2, 0) is 0 Å². The SMILES string of the molecule is COc1ccc(NC(=O)c2ccc(N/N=C(\C)c3ccc(Cl)cc3)c([N+](=O)[O-])c2)cc1. The van der Waals surface area contributed by atoms with Crippen molar-refractivity contribution in [3.05, 3.63) is 93.0 Å². The summed E-state index contributed by atoms with van der Waals surface area (Å²) in [5, 5.41) is 19.0. The molecule has 0 radical (unpaired) electrons. The number of carbonyl (C=O) groups excluding carboxylic acids is 1. The topological polar surface area (TPSA) is 106 Å². The lowest BCUT2D eigenvalue weighted by molar-refractivity contribution is -0.384. The lowest BCUT2D eigenvalue weighted by Gasteiger charge is -2.08. The maximum absolute atomic E-state index is 12.5. The second kappa shape index (κ2) is 9.73. The molecule has 0 heterocycles. The van der Waals surface area contributed by atoms with E-state index in [4.69, 9.17) is 16.3 Å². The summed E-state index contributed by atoms with van der Waals surface area (Å²) in [6.45, 7) is 1.76. The van der Waals surface area contributed by atoms with Crippen molar-refractivity contribution >= 4 is 40.3 Å². The number of carbonyl (C=O) groups is 1. The molecule has 0 saturated carbocycles. The maximum atomic E-state index is 12.5. The van der Waals surface area contributed by atoms with E-state index in [1.807, 2.05) is 0 Å². The molecule has 3 aromatic carbocycles. The van der Waals surface area contributed by atoms with Crippen LogP contribution in [-0.4, -0.2) is 23.7 Å². The quantitative estimate of drug-likeness (QED) is 0.294. The normalized spacial score (nSPS) is 11.0. The molecule has 0 atom stereocenters. The zero-order chi connectivity index (χ0) is 22.4. The van der Waals surface area contributed by atoms with Gasteiger partial charge in [-0.3, -0.25) is 20.3 Å². The van der Waals surface area contributed by atoms with Gasteiger partial charge in [0.15, 0.2) is 0 Å². The fourth-order valence-corrected chi connectivity index (χ4v) is 2.82. The molecule has 0 bridgehead atoms. The Morgan fingerprint density at radius 2 is 1.68 bits per heavy atom. The Hall–Kier alpha value is -3.91. The Bertz CT molecular complexity index is 1130. The average Bonchev–Trinajstić information content (AvgIpc) is 2.78. The van der Waals surface area contributed by atoms with Gasteiger partial charge in [0.05, 0.1) is 17.7 Å². The predicted octanol–water partition coefficient (Wildman–Crippen LogP) is 5.35. The Kier molecular flexibility index (Phi) is 6.84. The predicted molar refractivity (Wildman–Crippen MR) is 121 cm³/mol. The Morgan fingerprint density at radius 3 is 2.29 bits per heavy atom. The van der Waals surface area contributed by atoms with Gasteiger partial charge in [0.25, 0.3) is 11.6 Å². The molecule has 0 saturated heterocycles. The first-order valence-electron chi connectivity index (χ1n) is 9.17. The van der Waals surface area contributed by atoms with Crippen LogP contribution in [0.5, 0.6) is 5.75 Å². The van der Waals surface area contributed by atoms with Crippen LogP contribution >= 0.6 is 11.6 Å². The molecule has 0 unspecified atom stereocenters. The molecule has 31 heavy (non-hydrogen) atoms. The molecular weight excluding hydrogens is 420 g/mol. The minimum absolute atomic E-state index is 0.145. The van der Waals surface area contributed by atoms with E-state index >= 15 is 0 Å². The van der Waals surface area contributed by atoms with E-state index < -0.39 is 10.8 Å². The number of hydrazone groups is 1. The van der Waals surface area contributed by atoms with Gasteiger partial charge in [0, 0.05) is 22.3 Å². The third-order valence-corrected chi connectivity index (χ3v) is 4.66.